The van der Waals surface area contributed by atoms with Gasteiger partial charge in [-0.1, -0.05) is 62.7 Å². The molecule has 2 aromatic rings. The SMILES string of the molecule is CC1(C)COC2(CCC3=C4C(=C5CCC(O)(C(F)(F)C(C)(F)F)[C@@]5(C)CC4c4ccc(-c5ccc(S(=O)(=O)C(C)(C)C)cc5)cc4)CC[C@@]3(O)C2)OC1. The van der Waals surface area contributed by atoms with Crippen LogP contribution in [0.15, 0.2) is 75.7 Å². The second kappa shape index (κ2) is 12.0. The lowest BCUT2D eigenvalue weighted by molar-refractivity contribution is -0.322. The Labute approximate surface area is 310 Å². The maximum Gasteiger partial charge on any atom is 0.338 e. The van der Waals surface area contributed by atoms with Crippen molar-refractivity contribution in [3.8, 4) is 11.1 Å². The summed E-state index contributed by atoms with van der Waals surface area (Å²) in [5.41, 5.74) is -0.742. The van der Waals surface area contributed by atoms with E-state index < -0.39 is 61.2 Å². The summed E-state index contributed by atoms with van der Waals surface area (Å²) in [7, 11) is -3.55. The van der Waals surface area contributed by atoms with E-state index in [0.29, 0.717) is 44.5 Å². The minimum Gasteiger partial charge on any atom is -0.385 e. The van der Waals surface area contributed by atoms with E-state index in [1.807, 2.05) is 24.3 Å². The van der Waals surface area contributed by atoms with Crippen LogP contribution in [0.1, 0.15) is 111 Å². The van der Waals surface area contributed by atoms with Gasteiger partial charge in [0.15, 0.2) is 15.6 Å². The van der Waals surface area contributed by atoms with Crippen LogP contribution in [0.25, 0.3) is 11.1 Å². The standard InChI is InChI=1S/C42H52F4O6S/c1-35(2,3)53(49,50)29-14-12-27(13-15-29)26-8-10-28(11-9-26)31-22-37(6)32(18-21-41(37,48)42(45,46)38(7,43)44)30-16-19-39(47)23-40(20-17-33(39)34(30)31)51-24-36(4,5)25-52-40/h8-15,31,47-48H,16-25H2,1-7H3/t31?,37-,39+,41?/m0/s1. The predicted octanol–water partition coefficient (Wildman–Crippen LogP) is 9.31. The normalized spacial score (nSPS) is 31.7. The van der Waals surface area contributed by atoms with Crippen molar-refractivity contribution in [2.75, 3.05) is 13.2 Å². The minimum absolute atomic E-state index is 0.0477. The molecule has 4 aliphatic carbocycles. The van der Waals surface area contributed by atoms with Crippen molar-refractivity contribution in [2.24, 2.45) is 10.8 Å². The molecule has 4 atom stereocenters. The summed E-state index contributed by atoms with van der Waals surface area (Å²) >= 11 is 0. The van der Waals surface area contributed by atoms with Crippen molar-refractivity contribution < 1.29 is 45.7 Å². The molecule has 3 fully saturated rings. The summed E-state index contributed by atoms with van der Waals surface area (Å²) in [4.78, 5) is 0.217. The summed E-state index contributed by atoms with van der Waals surface area (Å²) in [6.07, 6.45) is 1.32. The molecular weight excluding hydrogens is 709 g/mol. The first-order valence-corrected chi connectivity index (χ1v) is 20.2. The van der Waals surface area contributed by atoms with Crippen molar-refractivity contribution in [2.45, 2.75) is 144 Å². The summed E-state index contributed by atoms with van der Waals surface area (Å²) in [6, 6.07) is 14.2. The third-order valence-electron chi connectivity index (χ3n) is 13.1. The molecule has 0 aromatic heterocycles. The second-order valence-corrected chi connectivity index (χ2v) is 21.1. The van der Waals surface area contributed by atoms with E-state index in [-0.39, 0.29) is 36.5 Å². The van der Waals surface area contributed by atoms with E-state index in [4.69, 9.17) is 9.47 Å². The Balaban J connectivity index is 1.32. The van der Waals surface area contributed by atoms with Crippen molar-refractivity contribution in [3.63, 3.8) is 0 Å². The van der Waals surface area contributed by atoms with Gasteiger partial charge in [0, 0.05) is 36.5 Å². The highest BCUT2D eigenvalue weighted by molar-refractivity contribution is 7.92. The van der Waals surface area contributed by atoms with Gasteiger partial charge in [0.2, 0.25) is 0 Å². The molecule has 11 heteroatoms. The third-order valence-corrected chi connectivity index (χ3v) is 15.6. The van der Waals surface area contributed by atoms with Gasteiger partial charge in [-0.15, -0.1) is 0 Å². The summed E-state index contributed by atoms with van der Waals surface area (Å²) < 4.78 is 98.8. The zero-order chi connectivity index (χ0) is 38.8. The number of allylic oxidation sites excluding steroid dienone is 2. The monoisotopic (exact) mass is 760 g/mol. The van der Waals surface area contributed by atoms with Gasteiger partial charge in [0.05, 0.1) is 28.5 Å². The van der Waals surface area contributed by atoms with Crippen LogP contribution in [0.2, 0.25) is 0 Å². The lowest BCUT2D eigenvalue weighted by Crippen LogP contribution is -2.64. The van der Waals surface area contributed by atoms with E-state index in [9.17, 15) is 27.4 Å². The molecular formula is C42H52F4O6S. The number of hydrogen-bond acceptors (Lipinski definition) is 6. The van der Waals surface area contributed by atoms with Crippen LogP contribution in [0, 0.1) is 10.8 Å². The van der Waals surface area contributed by atoms with Gasteiger partial charge in [0.1, 0.15) is 5.60 Å². The Morgan fingerprint density at radius 2 is 1.30 bits per heavy atom. The van der Waals surface area contributed by atoms with Crippen LogP contribution >= 0.6 is 0 Å². The van der Waals surface area contributed by atoms with Gasteiger partial charge in [-0.05, 0) is 105 Å². The van der Waals surface area contributed by atoms with Crippen molar-refractivity contribution in [1.29, 1.82) is 0 Å². The van der Waals surface area contributed by atoms with Crippen LogP contribution in [0.5, 0.6) is 0 Å². The molecule has 1 aliphatic heterocycles. The molecule has 1 spiro atoms. The highest BCUT2D eigenvalue weighted by Crippen LogP contribution is 2.69. The van der Waals surface area contributed by atoms with Crippen molar-refractivity contribution in [1.82, 2.24) is 0 Å². The highest BCUT2D eigenvalue weighted by Gasteiger charge is 2.75. The van der Waals surface area contributed by atoms with Gasteiger partial charge in [-0.25, -0.2) is 17.2 Å². The summed E-state index contributed by atoms with van der Waals surface area (Å²) in [5.74, 6) is -10.7. The number of fused-ring (bicyclic) bond motifs is 3. The van der Waals surface area contributed by atoms with E-state index >= 15 is 8.78 Å². The molecule has 2 N–H and O–H groups in total. The molecule has 2 aromatic carbocycles. The molecule has 53 heavy (non-hydrogen) atoms. The van der Waals surface area contributed by atoms with Gasteiger partial charge < -0.3 is 19.7 Å². The van der Waals surface area contributed by atoms with Crippen molar-refractivity contribution in [3.05, 3.63) is 76.4 Å². The minimum atomic E-state index is -4.70. The van der Waals surface area contributed by atoms with E-state index in [0.717, 1.165) is 33.4 Å². The Morgan fingerprint density at radius 1 is 0.755 bits per heavy atom. The molecule has 0 bridgehead atoms. The Morgan fingerprint density at radius 3 is 1.85 bits per heavy atom. The Bertz CT molecular complexity index is 1960. The zero-order valence-corrected chi connectivity index (χ0v) is 32.5. The van der Waals surface area contributed by atoms with Gasteiger partial charge in [0.25, 0.3) is 0 Å². The molecule has 6 nitrogen and oxygen atoms in total. The fourth-order valence-electron chi connectivity index (χ4n) is 9.81. The molecule has 2 saturated carbocycles. The predicted molar refractivity (Wildman–Crippen MR) is 195 cm³/mol. The largest absolute Gasteiger partial charge is 0.385 e. The lowest BCUT2D eigenvalue weighted by Gasteiger charge is -2.56. The molecule has 1 heterocycles. The first kappa shape index (κ1) is 38.7. The second-order valence-electron chi connectivity index (χ2n) is 18.4. The molecule has 7 rings (SSSR count). The van der Waals surface area contributed by atoms with E-state index in [1.54, 1.807) is 45.0 Å². The third kappa shape index (κ3) is 5.80. The Kier molecular flexibility index (Phi) is 8.74. The van der Waals surface area contributed by atoms with Gasteiger partial charge in [-0.3, -0.25) is 0 Å². The quantitative estimate of drug-likeness (QED) is 0.295. The van der Waals surface area contributed by atoms with Crippen LogP contribution in [0.3, 0.4) is 0 Å². The topological polar surface area (TPSA) is 93.1 Å². The maximum absolute atomic E-state index is 15.8. The van der Waals surface area contributed by atoms with E-state index in [2.05, 4.69) is 13.8 Å². The first-order chi connectivity index (χ1) is 24.3. The molecule has 0 amide bonds. The smallest absolute Gasteiger partial charge is 0.338 e. The maximum atomic E-state index is 15.8. The lowest BCUT2D eigenvalue weighted by atomic mass is 9.54. The number of sulfone groups is 1. The average Bonchev–Trinajstić information content (AvgIpc) is 3.35. The fraction of sp³-hybridized carbons (Fsp3) is 0.619. The molecule has 1 saturated heterocycles. The zero-order valence-electron chi connectivity index (χ0n) is 31.7. The van der Waals surface area contributed by atoms with Crippen LogP contribution in [0.4, 0.5) is 17.6 Å². The first-order valence-electron chi connectivity index (χ1n) is 18.7. The fourth-order valence-corrected chi connectivity index (χ4v) is 11.0. The Hall–Kier alpha value is -2.57. The molecule has 290 valence electrons. The number of benzene rings is 2. The number of hydrogen-bond donors (Lipinski definition) is 2. The van der Waals surface area contributed by atoms with Crippen LogP contribution < -0.4 is 0 Å². The number of aliphatic hydroxyl groups is 2. The summed E-state index contributed by atoms with van der Waals surface area (Å²) in [5, 5.41) is 24.3. The molecule has 2 unspecified atom stereocenters. The van der Waals surface area contributed by atoms with Crippen LogP contribution in [-0.2, 0) is 19.3 Å². The van der Waals surface area contributed by atoms with Crippen molar-refractivity contribution >= 4 is 9.84 Å². The molecule has 0 radical (unpaired) electrons. The van der Waals surface area contributed by atoms with E-state index in [1.165, 1.54) is 6.92 Å². The van der Waals surface area contributed by atoms with Gasteiger partial charge >= 0.3 is 11.8 Å². The number of halogens is 4. The van der Waals surface area contributed by atoms with Gasteiger partial charge in [-0.2, -0.15) is 8.78 Å². The highest BCUT2D eigenvalue weighted by atomic mass is 32.2. The number of rotatable bonds is 5. The number of alkyl halides is 4. The number of ether oxygens (including phenoxy) is 2. The summed E-state index contributed by atoms with van der Waals surface area (Å²) in [6.45, 7) is 11.7. The molecule has 5 aliphatic rings. The van der Waals surface area contributed by atoms with Crippen LogP contribution in [-0.4, -0.2) is 65.4 Å². The average molecular weight is 761 g/mol.